The number of likely N-dealkylation sites (N-methyl/N-ethyl adjacent to an activating group) is 1. The number of piperazine rings is 1. The summed E-state index contributed by atoms with van der Waals surface area (Å²) in [5.74, 6) is -0.00937. The van der Waals surface area contributed by atoms with Crippen LogP contribution in [0.4, 0.5) is 10.2 Å². The molecule has 2 aromatic rings. The van der Waals surface area contributed by atoms with Gasteiger partial charge in [0.2, 0.25) is 5.28 Å². The van der Waals surface area contributed by atoms with Gasteiger partial charge in [0.05, 0.1) is 5.39 Å². The van der Waals surface area contributed by atoms with Gasteiger partial charge in [-0.1, -0.05) is 11.6 Å². The zero-order valence-corrected chi connectivity index (χ0v) is 13.4. The lowest BCUT2D eigenvalue weighted by Crippen LogP contribution is -2.52. The first kappa shape index (κ1) is 14.4. The van der Waals surface area contributed by atoms with Crippen LogP contribution in [-0.2, 0) is 0 Å². The van der Waals surface area contributed by atoms with Crippen LogP contribution in [0.5, 0.6) is 0 Å². The minimum atomic E-state index is -0.651. The van der Waals surface area contributed by atoms with Crippen molar-refractivity contribution in [2.75, 3.05) is 25.0 Å². The Labute approximate surface area is 137 Å². The Hall–Kier alpha value is -1.24. The fourth-order valence-corrected chi connectivity index (χ4v) is 3.82. The van der Waals surface area contributed by atoms with Gasteiger partial charge in [-0.3, -0.25) is 4.90 Å². The van der Waals surface area contributed by atoms with Crippen LogP contribution in [0.1, 0.15) is 12.8 Å². The number of nitrogens with zero attached hydrogens (tertiary/aromatic N) is 5. The smallest absolute Gasteiger partial charge is 0.225 e. The van der Waals surface area contributed by atoms with Crippen LogP contribution < -0.4 is 4.90 Å². The molecule has 2 aromatic heterocycles. The summed E-state index contributed by atoms with van der Waals surface area (Å²) < 4.78 is 14.2. The Morgan fingerprint density at radius 1 is 1.18 bits per heavy atom. The molecule has 116 valence electrons. The van der Waals surface area contributed by atoms with Gasteiger partial charge in [0.25, 0.3) is 0 Å². The zero-order valence-electron chi connectivity index (χ0n) is 11.9. The van der Waals surface area contributed by atoms with Crippen molar-refractivity contribution in [1.82, 2.24) is 19.9 Å². The summed E-state index contributed by atoms with van der Waals surface area (Å²) in [5.41, 5.74) is 0.126. The predicted octanol–water partition coefficient (Wildman–Crippen LogP) is 2.75. The molecule has 4 rings (SSSR count). The molecule has 2 aliphatic rings. The lowest BCUT2D eigenvalue weighted by atomic mass is 10.2. The van der Waals surface area contributed by atoms with Gasteiger partial charge in [-0.05, 0) is 31.5 Å². The van der Waals surface area contributed by atoms with E-state index in [0.717, 1.165) is 13.1 Å². The van der Waals surface area contributed by atoms with Gasteiger partial charge in [0.15, 0.2) is 11.0 Å². The quantitative estimate of drug-likeness (QED) is 0.589. The predicted molar refractivity (Wildman–Crippen MR) is 84.1 cm³/mol. The number of hydrogen-bond acceptors (Lipinski definition) is 5. The summed E-state index contributed by atoms with van der Waals surface area (Å²) in [7, 11) is 2.16. The van der Waals surface area contributed by atoms with Gasteiger partial charge in [0.1, 0.15) is 11.3 Å². The highest BCUT2D eigenvalue weighted by Crippen LogP contribution is 2.34. The minimum Gasteiger partial charge on any atom is -0.353 e. The Balaban J connectivity index is 1.84. The number of hydrogen-bond donors (Lipinski definition) is 0. The van der Waals surface area contributed by atoms with Crippen LogP contribution in [0.25, 0.3) is 10.9 Å². The van der Waals surface area contributed by atoms with E-state index in [4.69, 9.17) is 23.2 Å². The first-order valence-corrected chi connectivity index (χ1v) is 7.94. The second-order valence-corrected chi connectivity index (χ2v) is 6.59. The lowest BCUT2D eigenvalue weighted by Gasteiger charge is -2.39. The van der Waals surface area contributed by atoms with E-state index in [9.17, 15) is 4.39 Å². The third-order valence-electron chi connectivity index (χ3n) is 4.74. The molecule has 2 unspecified atom stereocenters. The second kappa shape index (κ2) is 5.15. The first-order valence-electron chi connectivity index (χ1n) is 7.18. The fraction of sp³-hybridized carbons (Fsp3) is 0.500. The molecule has 2 saturated heterocycles. The van der Waals surface area contributed by atoms with Gasteiger partial charge in [0, 0.05) is 31.4 Å². The lowest BCUT2D eigenvalue weighted by molar-refractivity contribution is 0.212. The van der Waals surface area contributed by atoms with E-state index in [1.54, 1.807) is 0 Å². The number of anilines is 1. The maximum absolute atomic E-state index is 14.2. The maximum Gasteiger partial charge on any atom is 0.225 e. The third kappa shape index (κ3) is 2.13. The van der Waals surface area contributed by atoms with Crippen molar-refractivity contribution in [2.45, 2.75) is 24.9 Å². The zero-order chi connectivity index (χ0) is 15.4. The van der Waals surface area contributed by atoms with Gasteiger partial charge < -0.3 is 4.90 Å². The molecule has 2 atom stereocenters. The Morgan fingerprint density at radius 3 is 2.55 bits per heavy atom. The Morgan fingerprint density at radius 2 is 1.86 bits per heavy atom. The molecular weight excluding hydrogens is 328 g/mol. The van der Waals surface area contributed by atoms with Gasteiger partial charge in [-0.2, -0.15) is 4.98 Å². The second-order valence-electron chi connectivity index (χ2n) is 5.90. The van der Waals surface area contributed by atoms with E-state index in [2.05, 4.69) is 31.8 Å². The van der Waals surface area contributed by atoms with Crippen LogP contribution in [-0.4, -0.2) is 52.1 Å². The SMILES string of the molecule is CN1C2CCC1CN(c1nc(Cl)nc3c(F)c(Cl)ncc13)C2. The Kier molecular flexibility index (Phi) is 3.36. The standard InChI is InChI=1S/C14H14Cl2FN5/c1-21-7-2-3-8(21)6-22(5-7)13-9-4-18-12(15)10(17)11(9)19-14(16)20-13/h4,7-8H,2-3,5-6H2,1H3. The van der Waals surface area contributed by atoms with E-state index in [1.165, 1.54) is 19.0 Å². The van der Waals surface area contributed by atoms with Crippen molar-refractivity contribution in [3.63, 3.8) is 0 Å². The minimum absolute atomic E-state index is 0.0231. The number of fused-ring (bicyclic) bond motifs is 3. The van der Waals surface area contributed by atoms with Crippen LogP contribution >= 0.6 is 23.2 Å². The molecule has 2 bridgehead atoms. The normalized spacial score (nSPS) is 25.2. The first-order chi connectivity index (χ1) is 10.5. The van der Waals surface area contributed by atoms with Gasteiger partial charge in [-0.15, -0.1) is 0 Å². The van der Waals surface area contributed by atoms with Crippen LogP contribution in [0.3, 0.4) is 0 Å². The molecule has 2 aliphatic heterocycles. The Bertz CT molecular complexity index is 742. The maximum atomic E-state index is 14.2. The molecule has 0 saturated carbocycles. The summed E-state index contributed by atoms with van der Waals surface area (Å²) in [5, 5.41) is 0.372. The van der Waals surface area contributed by atoms with Gasteiger partial charge >= 0.3 is 0 Å². The molecular formula is C14H14Cl2FN5. The topological polar surface area (TPSA) is 45.2 Å². The number of rotatable bonds is 1. The highest BCUT2D eigenvalue weighted by atomic mass is 35.5. The van der Waals surface area contributed by atoms with Crippen molar-refractivity contribution < 1.29 is 4.39 Å². The van der Waals surface area contributed by atoms with Crippen molar-refractivity contribution in [1.29, 1.82) is 0 Å². The third-order valence-corrected chi connectivity index (χ3v) is 5.17. The van der Waals surface area contributed by atoms with Gasteiger partial charge in [-0.25, -0.2) is 14.4 Å². The summed E-state index contributed by atoms with van der Waals surface area (Å²) in [6.07, 6.45) is 3.87. The van der Waals surface area contributed by atoms with E-state index >= 15 is 0 Å². The summed E-state index contributed by atoms with van der Waals surface area (Å²) in [4.78, 5) is 16.8. The highest BCUT2D eigenvalue weighted by Gasteiger charge is 2.38. The average molecular weight is 342 g/mol. The monoisotopic (exact) mass is 341 g/mol. The molecule has 2 fully saturated rings. The van der Waals surface area contributed by atoms with E-state index in [0.29, 0.717) is 23.3 Å². The van der Waals surface area contributed by atoms with E-state index in [-0.39, 0.29) is 16.0 Å². The summed E-state index contributed by atoms with van der Waals surface area (Å²) in [6.45, 7) is 1.69. The summed E-state index contributed by atoms with van der Waals surface area (Å²) in [6, 6.07) is 0.986. The van der Waals surface area contributed by atoms with Crippen molar-refractivity contribution in [3.05, 3.63) is 22.5 Å². The number of pyridine rings is 1. The molecule has 0 radical (unpaired) electrons. The molecule has 0 spiro atoms. The molecule has 22 heavy (non-hydrogen) atoms. The fourth-order valence-electron chi connectivity index (χ4n) is 3.52. The van der Waals surface area contributed by atoms with Crippen molar-refractivity contribution in [3.8, 4) is 0 Å². The molecule has 0 aliphatic carbocycles. The number of halogens is 3. The van der Waals surface area contributed by atoms with Crippen molar-refractivity contribution >= 4 is 39.9 Å². The molecule has 0 amide bonds. The van der Waals surface area contributed by atoms with Crippen LogP contribution in [0.15, 0.2) is 6.20 Å². The number of aromatic nitrogens is 3. The van der Waals surface area contributed by atoms with Crippen LogP contribution in [0, 0.1) is 5.82 Å². The molecule has 8 heteroatoms. The van der Waals surface area contributed by atoms with Crippen molar-refractivity contribution in [2.24, 2.45) is 0 Å². The molecule has 5 nitrogen and oxygen atoms in total. The highest BCUT2D eigenvalue weighted by molar-refractivity contribution is 6.30. The van der Waals surface area contributed by atoms with E-state index in [1.807, 2.05) is 0 Å². The molecule has 0 aromatic carbocycles. The largest absolute Gasteiger partial charge is 0.353 e. The van der Waals surface area contributed by atoms with E-state index < -0.39 is 5.82 Å². The van der Waals surface area contributed by atoms with Crippen LogP contribution in [0.2, 0.25) is 10.4 Å². The average Bonchev–Trinajstić information content (AvgIpc) is 2.73. The molecule has 0 N–H and O–H groups in total. The summed E-state index contributed by atoms with van der Waals surface area (Å²) >= 11 is 11.7. The molecule has 4 heterocycles.